The molecule has 3 rings (SSSR count). The van der Waals surface area contributed by atoms with E-state index in [1.54, 1.807) is 23.7 Å². The van der Waals surface area contributed by atoms with Crippen molar-refractivity contribution in [1.29, 1.82) is 0 Å². The lowest BCUT2D eigenvalue weighted by atomic mass is 10.1. The van der Waals surface area contributed by atoms with Crippen molar-refractivity contribution in [2.45, 2.75) is 6.92 Å². The Kier molecular flexibility index (Phi) is 3.12. The second-order valence-electron chi connectivity index (χ2n) is 4.16. The van der Waals surface area contributed by atoms with Crippen molar-refractivity contribution in [3.63, 3.8) is 0 Å². The van der Waals surface area contributed by atoms with Crippen LogP contribution in [0.4, 0.5) is 5.82 Å². The number of aryl methyl sites for hydroxylation is 1. The van der Waals surface area contributed by atoms with E-state index < -0.39 is 0 Å². The number of H-pyrrole nitrogens is 1. The number of rotatable bonds is 2. The Morgan fingerprint density at radius 1 is 1.32 bits per heavy atom. The SMILES string of the molecule is Cc1cc(-c2[nH]nc(N)c2-c2ccncc2)sc1Br. The van der Waals surface area contributed by atoms with E-state index in [1.165, 1.54) is 5.56 Å². The molecule has 0 aliphatic rings. The van der Waals surface area contributed by atoms with Crippen LogP contribution in [-0.4, -0.2) is 15.2 Å². The summed E-state index contributed by atoms with van der Waals surface area (Å²) in [6.45, 7) is 2.07. The van der Waals surface area contributed by atoms with E-state index in [9.17, 15) is 0 Å². The number of thiophene rings is 1. The number of nitrogens with one attached hydrogen (secondary N) is 1. The number of hydrogen-bond donors (Lipinski definition) is 2. The zero-order chi connectivity index (χ0) is 13.4. The zero-order valence-corrected chi connectivity index (χ0v) is 12.5. The molecule has 0 bridgehead atoms. The molecular formula is C13H11BrN4S. The molecule has 6 heteroatoms. The van der Waals surface area contributed by atoms with Gasteiger partial charge in [-0.05, 0) is 52.2 Å². The van der Waals surface area contributed by atoms with E-state index in [-0.39, 0.29) is 0 Å². The van der Waals surface area contributed by atoms with Crippen molar-refractivity contribution in [1.82, 2.24) is 15.2 Å². The molecule has 19 heavy (non-hydrogen) atoms. The quantitative estimate of drug-likeness (QED) is 0.747. The Morgan fingerprint density at radius 3 is 2.68 bits per heavy atom. The van der Waals surface area contributed by atoms with Gasteiger partial charge >= 0.3 is 0 Å². The summed E-state index contributed by atoms with van der Waals surface area (Å²) < 4.78 is 1.12. The van der Waals surface area contributed by atoms with Crippen LogP contribution in [0.2, 0.25) is 0 Å². The maximum Gasteiger partial charge on any atom is 0.153 e. The summed E-state index contributed by atoms with van der Waals surface area (Å²) in [7, 11) is 0. The minimum absolute atomic E-state index is 0.503. The average Bonchev–Trinajstić information content (AvgIpc) is 2.95. The Morgan fingerprint density at radius 2 is 2.05 bits per heavy atom. The van der Waals surface area contributed by atoms with E-state index in [0.717, 1.165) is 25.5 Å². The number of nitrogens with two attached hydrogens (primary N) is 1. The van der Waals surface area contributed by atoms with Gasteiger partial charge in [-0.2, -0.15) is 5.10 Å². The summed E-state index contributed by atoms with van der Waals surface area (Å²) in [5.41, 5.74) is 10.1. The van der Waals surface area contributed by atoms with Crippen LogP contribution in [0.1, 0.15) is 5.56 Å². The largest absolute Gasteiger partial charge is 0.382 e. The van der Waals surface area contributed by atoms with E-state index in [0.29, 0.717) is 5.82 Å². The van der Waals surface area contributed by atoms with Crippen LogP contribution in [0.25, 0.3) is 21.7 Å². The van der Waals surface area contributed by atoms with Gasteiger partial charge in [0.25, 0.3) is 0 Å². The van der Waals surface area contributed by atoms with Crippen LogP contribution in [0.15, 0.2) is 34.4 Å². The standard InChI is InChI=1S/C13H11BrN4S/c1-7-6-9(19-12(7)14)11-10(13(15)18-17-11)8-2-4-16-5-3-8/h2-6H,1H3,(H3,15,17,18). The summed E-state index contributed by atoms with van der Waals surface area (Å²) in [6.07, 6.45) is 3.50. The Labute approximate surface area is 122 Å². The van der Waals surface area contributed by atoms with Crippen molar-refractivity contribution < 1.29 is 0 Å². The monoisotopic (exact) mass is 334 g/mol. The number of aromatic nitrogens is 3. The summed E-state index contributed by atoms with van der Waals surface area (Å²) >= 11 is 5.21. The fraction of sp³-hybridized carbons (Fsp3) is 0.0769. The number of hydrogen-bond acceptors (Lipinski definition) is 4. The predicted molar refractivity (Wildman–Crippen MR) is 82.0 cm³/mol. The Balaban J connectivity index is 2.19. The van der Waals surface area contributed by atoms with Gasteiger partial charge in [0.05, 0.1) is 19.9 Å². The highest BCUT2D eigenvalue weighted by Gasteiger charge is 2.16. The number of pyridine rings is 1. The van der Waals surface area contributed by atoms with Crippen molar-refractivity contribution in [2.75, 3.05) is 5.73 Å². The van der Waals surface area contributed by atoms with Crippen molar-refractivity contribution in [2.24, 2.45) is 0 Å². The molecule has 96 valence electrons. The fourth-order valence-corrected chi connectivity index (χ4v) is 3.46. The predicted octanol–water partition coefficient (Wildman–Crippen LogP) is 3.85. The molecule has 0 amide bonds. The number of nitrogens with zero attached hydrogens (tertiary/aromatic N) is 2. The maximum absolute atomic E-state index is 5.99. The van der Waals surface area contributed by atoms with Crippen LogP contribution in [0.5, 0.6) is 0 Å². The van der Waals surface area contributed by atoms with Gasteiger partial charge in [-0.25, -0.2) is 0 Å². The molecule has 3 aromatic rings. The van der Waals surface area contributed by atoms with Crippen molar-refractivity contribution in [3.8, 4) is 21.7 Å². The molecule has 0 aliphatic carbocycles. The first-order valence-corrected chi connectivity index (χ1v) is 7.28. The van der Waals surface area contributed by atoms with Gasteiger partial charge in [0.1, 0.15) is 0 Å². The molecule has 0 saturated carbocycles. The van der Waals surface area contributed by atoms with Crippen LogP contribution < -0.4 is 5.73 Å². The zero-order valence-electron chi connectivity index (χ0n) is 10.1. The molecule has 0 spiro atoms. The molecular weight excluding hydrogens is 324 g/mol. The van der Waals surface area contributed by atoms with Gasteiger partial charge in [-0.3, -0.25) is 10.1 Å². The Bertz CT molecular complexity index is 698. The molecule has 0 fully saturated rings. The number of nitrogen functional groups attached to an aromatic ring is 1. The highest BCUT2D eigenvalue weighted by atomic mass is 79.9. The van der Waals surface area contributed by atoms with Gasteiger partial charge in [-0.1, -0.05) is 0 Å². The fourth-order valence-electron chi connectivity index (χ4n) is 1.93. The lowest BCUT2D eigenvalue weighted by Crippen LogP contribution is -1.88. The van der Waals surface area contributed by atoms with Gasteiger partial charge in [0.15, 0.2) is 5.82 Å². The summed E-state index contributed by atoms with van der Waals surface area (Å²) in [6, 6.07) is 5.98. The normalized spacial score (nSPS) is 10.8. The first-order chi connectivity index (χ1) is 9.16. The van der Waals surface area contributed by atoms with E-state index in [2.05, 4.69) is 44.1 Å². The summed E-state index contributed by atoms with van der Waals surface area (Å²) in [4.78, 5) is 5.14. The molecule has 0 saturated heterocycles. The topological polar surface area (TPSA) is 67.6 Å². The third-order valence-electron chi connectivity index (χ3n) is 2.87. The molecule has 3 heterocycles. The average molecular weight is 335 g/mol. The minimum atomic E-state index is 0.503. The van der Waals surface area contributed by atoms with Gasteiger partial charge in [-0.15, -0.1) is 11.3 Å². The smallest absolute Gasteiger partial charge is 0.153 e. The van der Waals surface area contributed by atoms with Gasteiger partial charge in [0.2, 0.25) is 0 Å². The highest BCUT2D eigenvalue weighted by molar-refractivity contribution is 9.11. The third kappa shape index (κ3) is 2.17. The van der Waals surface area contributed by atoms with Gasteiger partial charge < -0.3 is 5.73 Å². The molecule has 0 atom stereocenters. The van der Waals surface area contributed by atoms with E-state index in [1.807, 2.05) is 12.1 Å². The number of anilines is 1. The molecule has 3 aromatic heterocycles. The molecule has 0 aromatic carbocycles. The van der Waals surface area contributed by atoms with E-state index >= 15 is 0 Å². The summed E-state index contributed by atoms with van der Waals surface area (Å²) in [5, 5.41) is 7.16. The molecule has 3 N–H and O–H groups in total. The van der Waals surface area contributed by atoms with Crippen LogP contribution >= 0.6 is 27.3 Å². The van der Waals surface area contributed by atoms with E-state index in [4.69, 9.17) is 5.73 Å². The van der Waals surface area contributed by atoms with Crippen LogP contribution in [-0.2, 0) is 0 Å². The lowest BCUT2D eigenvalue weighted by Gasteiger charge is -2.02. The molecule has 0 aliphatic heterocycles. The second kappa shape index (κ2) is 4.79. The molecule has 0 unspecified atom stereocenters. The first kappa shape index (κ1) is 12.4. The Hall–Kier alpha value is -1.66. The molecule has 0 radical (unpaired) electrons. The van der Waals surface area contributed by atoms with Crippen molar-refractivity contribution in [3.05, 3.63) is 39.9 Å². The molecule has 4 nitrogen and oxygen atoms in total. The highest BCUT2D eigenvalue weighted by Crippen LogP contribution is 2.40. The third-order valence-corrected chi connectivity index (χ3v) is 5.02. The van der Waals surface area contributed by atoms with Crippen molar-refractivity contribution >= 4 is 33.1 Å². The van der Waals surface area contributed by atoms with Crippen LogP contribution in [0, 0.1) is 6.92 Å². The first-order valence-electron chi connectivity index (χ1n) is 5.67. The second-order valence-corrected chi connectivity index (χ2v) is 6.53. The summed E-state index contributed by atoms with van der Waals surface area (Å²) in [5.74, 6) is 0.503. The minimum Gasteiger partial charge on any atom is -0.382 e. The maximum atomic E-state index is 5.99. The lowest BCUT2D eigenvalue weighted by molar-refractivity contribution is 1.11. The number of aromatic amines is 1. The number of halogens is 1. The van der Waals surface area contributed by atoms with Gasteiger partial charge in [0, 0.05) is 12.4 Å². The van der Waals surface area contributed by atoms with Crippen LogP contribution in [0.3, 0.4) is 0 Å².